The summed E-state index contributed by atoms with van der Waals surface area (Å²) >= 11 is 7.50. The number of hydrogen-bond donors (Lipinski definition) is 0. The van der Waals surface area contributed by atoms with Gasteiger partial charge in [-0.1, -0.05) is 30.9 Å². The lowest BCUT2D eigenvalue weighted by molar-refractivity contribution is -0.396. The molecule has 1 rings (SSSR count). The first-order valence-corrected chi connectivity index (χ1v) is 6.94. The van der Waals surface area contributed by atoms with Crippen molar-refractivity contribution in [2.24, 2.45) is 0 Å². The number of thioether (sulfide) groups is 2. The average Bonchev–Trinajstić information content (AvgIpc) is 2.29. The second-order valence-corrected chi connectivity index (χ2v) is 6.46. The summed E-state index contributed by atoms with van der Waals surface area (Å²) in [6.45, 7) is 1.92. The first-order chi connectivity index (χ1) is 8.45. The molecule has 0 aliphatic carbocycles. The van der Waals surface area contributed by atoms with E-state index in [1.807, 2.05) is 6.92 Å². The number of nitro benzene ring substituents is 2. The van der Waals surface area contributed by atoms with Crippen molar-refractivity contribution in [1.82, 2.24) is 0 Å². The van der Waals surface area contributed by atoms with Gasteiger partial charge in [-0.25, -0.2) is 0 Å². The van der Waals surface area contributed by atoms with Crippen LogP contribution in [0.5, 0.6) is 0 Å². The van der Waals surface area contributed by atoms with Crippen LogP contribution in [-0.4, -0.2) is 19.1 Å². The molecule has 0 aromatic heterocycles. The molecule has 0 unspecified atom stereocenters. The molecule has 0 aliphatic rings. The SMILES string of the molecule is CCSC(=S)Sc1ccc([N+](=O)[O-])cc1[N+](=O)[O-]. The van der Waals surface area contributed by atoms with Gasteiger partial charge < -0.3 is 0 Å². The van der Waals surface area contributed by atoms with Crippen LogP contribution in [0, 0.1) is 20.2 Å². The molecule has 0 amide bonds. The van der Waals surface area contributed by atoms with Crippen LogP contribution in [0.25, 0.3) is 0 Å². The van der Waals surface area contributed by atoms with E-state index in [0.29, 0.717) is 8.42 Å². The predicted molar refractivity (Wildman–Crippen MR) is 76.3 cm³/mol. The van der Waals surface area contributed by atoms with Gasteiger partial charge in [0.15, 0.2) is 0 Å². The lowest BCUT2D eigenvalue weighted by Crippen LogP contribution is -1.95. The molecule has 0 spiro atoms. The van der Waals surface area contributed by atoms with Crippen LogP contribution in [0.4, 0.5) is 11.4 Å². The van der Waals surface area contributed by atoms with Gasteiger partial charge in [-0.05, 0) is 11.8 Å². The molecular weight excluding hydrogens is 296 g/mol. The maximum atomic E-state index is 10.9. The van der Waals surface area contributed by atoms with Gasteiger partial charge in [0.1, 0.15) is 3.53 Å². The minimum absolute atomic E-state index is 0.298. The van der Waals surface area contributed by atoms with Crippen molar-refractivity contribution >= 4 is 50.6 Å². The molecule has 0 radical (unpaired) electrons. The van der Waals surface area contributed by atoms with E-state index in [9.17, 15) is 20.2 Å². The van der Waals surface area contributed by atoms with E-state index in [1.54, 1.807) is 0 Å². The van der Waals surface area contributed by atoms with Crippen LogP contribution < -0.4 is 0 Å². The van der Waals surface area contributed by atoms with Crippen molar-refractivity contribution in [3.05, 3.63) is 38.4 Å². The van der Waals surface area contributed by atoms with E-state index < -0.39 is 9.85 Å². The Hall–Kier alpha value is -1.19. The highest BCUT2D eigenvalue weighted by atomic mass is 32.2. The number of nitro groups is 2. The van der Waals surface area contributed by atoms with E-state index in [2.05, 4.69) is 0 Å². The topological polar surface area (TPSA) is 86.3 Å². The van der Waals surface area contributed by atoms with E-state index in [4.69, 9.17) is 12.2 Å². The maximum absolute atomic E-state index is 10.9. The van der Waals surface area contributed by atoms with Crippen LogP contribution in [0.1, 0.15) is 6.92 Å². The van der Waals surface area contributed by atoms with E-state index >= 15 is 0 Å². The molecule has 96 valence electrons. The molecule has 1 aromatic rings. The molecule has 6 nitrogen and oxygen atoms in total. The van der Waals surface area contributed by atoms with E-state index in [-0.39, 0.29) is 11.4 Å². The Morgan fingerprint density at radius 2 is 2.00 bits per heavy atom. The first kappa shape index (κ1) is 14.9. The number of nitrogens with zero attached hydrogens (tertiary/aromatic N) is 2. The van der Waals surface area contributed by atoms with Crippen LogP contribution in [0.3, 0.4) is 0 Å². The van der Waals surface area contributed by atoms with Crippen molar-refractivity contribution in [2.45, 2.75) is 11.8 Å². The molecule has 0 N–H and O–H groups in total. The predicted octanol–water partition coefficient (Wildman–Crippen LogP) is 3.63. The molecule has 0 atom stereocenters. The largest absolute Gasteiger partial charge is 0.290 e. The summed E-state index contributed by atoms with van der Waals surface area (Å²) < 4.78 is 0.550. The van der Waals surface area contributed by atoms with Crippen LogP contribution >= 0.6 is 35.7 Å². The van der Waals surface area contributed by atoms with Crippen LogP contribution in [0.2, 0.25) is 0 Å². The Morgan fingerprint density at radius 1 is 1.33 bits per heavy atom. The van der Waals surface area contributed by atoms with Gasteiger partial charge in [-0.15, -0.1) is 11.8 Å². The molecular formula is C9H8N2O4S3. The number of thiocarbonyl (C=S) groups is 1. The fraction of sp³-hybridized carbons (Fsp3) is 0.222. The van der Waals surface area contributed by atoms with Crippen molar-refractivity contribution in [2.75, 3.05) is 5.75 Å². The van der Waals surface area contributed by atoms with Gasteiger partial charge in [0.2, 0.25) is 0 Å². The van der Waals surface area contributed by atoms with E-state index in [0.717, 1.165) is 23.6 Å². The summed E-state index contributed by atoms with van der Waals surface area (Å²) in [5.41, 5.74) is -0.603. The molecule has 0 fully saturated rings. The average molecular weight is 304 g/mol. The number of benzene rings is 1. The smallest absolute Gasteiger partial charge is 0.258 e. The molecule has 0 saturated carbocycles. The fourth-order valence-corrected chi connectivity index (χ4v) is 3.36. The number of hydrogen-bond acceptors (Lipinski definition) is 7. The second-order valence-electron chi connectivity index (χ2n) is 2.95. The lowest BCUT2D eigenvalue weighted by Gasteiger charge is -2.02. The third-order valence-electron chi connectivity index (χ3n) is 1.81. The summed E-state index contributed by atoms with van der Waals surface area (Å²) in [6.07, 6.45) is 0. The van der Waals surface area contributed by atoms with Gasteiger partial charge in [0.25, 0.3) is 11.4 Å². The Labute approximate surface area is 116 Å². The molecule has 18 heavy (non-hydrogen) atoms. The summed E-state index contributed by atoms with van der Waals surface area (Å²) in [5.74, 6) is 0.770. The zero-order valence-corrected chi connectivity index (χ0v) is 11.6. The maximum Gasteiger partial charge on any atom is 0.290 e. The molecule has 1 aromatic carbocycles. The number of rotatable bonds is 4. The third kappa shape index (κ3) is 3.93. The fourth-order valence-electron chi connectivity index (χ4n) is 1.09. The van der Waals surface area contributed by atoms with Crippen molar-refractivity contribution in [3.8, 4) is 0 Å². The highest BCUT2D eigenvalue weighted by Crippen LogP contribution is 2.35. The van der Waals surface area contributed by atoms with E-state index in [1.165, 1.54) is 23.9 Å². The molecule has 0 aliphatic heterocycles. The zero-order valence-electron chi connectivity index (χ0n) is 9.19. The monoisotopic (exact) mass is 304 g/mol. The lowest BCUT2D eigenvalue weighted by atomic mass is 10.3. The standard InChI is InChI=1S/C9H8N2O4S3/c1-2-17-9(16)18-8-4-3-6(10(12)13)5-7(8)11(14)15/h3-5H,2H2,1H3. The third-order valence-corrected chi connectivity index (χ3v) is 4.27. The Kier molecular flexibility index (Phi) is 5.51. The second kappa shape index (κ2) is 6.66. The summed E-state index contributed by atoms with van der Waals surface area (Å²) in [4.78, 5) is 20.4. The molecule has 0 saturated heterocycles. The first-order valence-electron chi connectivity index (χ1n) is 4.73. The van der Waals surface area contributed by atoms with Crippen molar-refractivity contribution in [1.29, 1.82) is 0 Å². The number of non-ortho nitro benzene ring substituents is 1. The van der Waals surface area contributed by atoms with Crippen LogP contribution in [0.15, 0.2) is 23.1 Å². The van der Waals surface area contributed by atoms with Gasteiger partial charge >= 0.3 is 0 Å². The van der Waals surface area contributed by atoms with Crippen LogP contribution in [-0.2, 0) is 0 Å². The van der Waals surface area contributed by atoms with Gasteiger partial charge in [0.05, 0.1) is 20.8 Å². The summed E-state index contributed by atoms with van der Waals surface area (Å²) in [6, 6.07) is 3.53. The Bertz CT molecular complexity index is 507. The quantitative estimate of drug-likeness (QED) is 0.363. The zero-order chi connectivity index (χ0) is 13.7. The summed E-state index contributed by atoms with van der Waals surface area (Å²) in [7, 11) is 0. The minimum atomic E-state index is -0.666. The highest BCUT2D eigenvalue weighted by molar-refractivity contribution is 8.47. The van der Waals surface area contributed by atoms with Gasteiger partial charge in [0, 0.05) is 6.07 Å². The van der Waals surface area contributed by atoms with Crippen molar-refractivity contribution < 1.29 is 9.85 Å². The van der Waals surface area contributed by atoms with Gasteiger partial charge in [-0.2, -0.15) is 0 Å². The highest BCUT2D eigenvalue weighted by Gasteiger charge is 2.20. The normalized spacial score (nSPS) is 10.1. The molecule has 0 heterocycles. The Balaban J connectivity index is 3.08. The minimum Gasteiger partial charge on any atom is -0.258 e. The molecule has 0 bridgehead atoms. The molecule has 9 heteroatoms. The summed E-state index contributed by atoms with van der Waals surface area (Å²) in [5, 5.41) is 21.4. The van der Waals surface area contributed by atoms with Crippen molar-refractivity contribution in [3.63, 3.8) is 0 Å². The van der Waals surface area contributed by atoms with Gasteiger partial charge in [-0.3, -0.25) is 20.2 Å². The Morgan fingerprint density at radius 3 is 2.50 bits per heavy atom.